The Bertz CT molecular complexity index is 681. The van der Waals surface area contributed by atoms with Gasteiger partial charge in [-0.25, -0.2) is 4.39 Å². The summed E-state index contributed by atoms with van der Waals surface area (Å²) in [7, 11) is 3.49. The summed E-state index contributed by atoms with van der Waals surface area (Å²) in [5, 5.41) is 8.02. The highest BCUT2D eigenvalue weighted by atomic mass is 19.1. The van der Waals surface area contributed by atoms with Crippen molar-refractivity contribution in [3.05, 3.63) is 46.5 Å². The summed E-state index contributed by atoms with van der Waals surface area (Å²) in [5.41, 5.74) is 4.01. The molecular weight excluding hydrogens is 293 g/mol. The van der Waals surface area contributed by atoms with Crippen molar-refractivity contribution in [3.63, 3.8) is 0 Å². The largest absolute Gasteiger partial charge is 0.497 e. The Morgan fingerprint density at radius 3 is 2.52 bits per heavy atom. The van der Waals surface area contributed by atoms with E-state index in [4.69, 9.17) is 4.74 Å². The molecule has 0 aliphatic rings. The average Bonchev–Trinajstić information content (AvgIpc) is 2.77. The van der Waals surface area contributed by atoms with E-state index in [9.17, 15) is 4.39 Å². The van der Waals surface area contributed by atoms with E-state index in [1.165, 1.54) is 18.7 Å². The number of aryl methyl sites for hydroxylation is 2. The Morgan fingerprint density at radius 1 is 1.35 bits per heavy atom. The Morgan fingerprint density at radius 2 is 2.04 bits per heavy atom. The maximum atomic E-state index is 14.3. The van der Waals surface area contributed by atoms with Crippen molar-refractivity contribution >= 4 is 0 Å². The van der Waals surface area contributed by atoms with Crippen LogP contribution in [0.25, 0.3) is 0 Å². The number of halogens is 1. The van der Waals surface area contributed by atoms with Gasteiger partial charge in [0.25, 0.3) is 0 Å². The van der Waals surface area contributed by atoms with Crippen LogP contribution in [0.1, 0.15) is 54.9 Å². The molecule has 0 saturated heterocycles. The molecule has 0 aliphatic heterocycles. The molecule has 0 fully saturated rings. The molecule has 1 heterocycles. The van der Waals surface area contributed by atoms with Crippen LogP contribution < -0.4 is 10.1 Å². The van der Waals surface area contributed by atoms with Crippen molar-refractivity contribution in [1.29, 1.82) is 0 Å². The molecule has 0 unspecified atom stereocenters. The lowest BCUT2D eigenvalue weighted by Gasteiger charge is -2.24. The van der Waals surface area contributed by atoms with Gasteiger partial charge in [-0.05, 0) is 33.3 Å². The van der Waals surface area contributed by atoms with Crippen LogP contribution in [0.2, 0.25) is 0 Å². The number of nitrogens with one attached hydrogen (secondary N) is 1. The Kier molecular flexibility index (Phi) is 5.42. The summed E-state index contributed by atoms with van der Waals surface area (Å²) in [5.74, 6) is 0.281. The zero-order valence-electron chi connectivity index (χ0n) is 14.8. The molecule has 0 aliphatic carbocycles. The molecule has 1 N–H and O–H groups in total. The molecule has 0 bridgehead atoms. The molecule has 1 aromatic carbocycles. The molecule has 0 saturated carbocycles. The topological polar surface area (TPSA) is 39.1 Å². The van der Waals surface area contributed by atoms with Gasteiger partial charge in [0.1, 0.15) is 11.6 Å². The van der Waals surface area contributed by atoms with E-state index in [-0.39, 0.29) is 17.9 Å². The number of hydrogen-bond acceptors (Lipinski definition) is 3. The fraction of sp³-hybridized carbons (Fsp3) is 0.500. The third-order valence-corrected chi connectivity index (χ3v) is 4.45. The number of benzene rings is 1. The SMILES string of the molecule is CC[C@@H](N[C@@H](C)c1ccc(OC)cc1F)c1c(C)nn(C)c1C. The maximum absolute atomic E-state index is 14.3. The van der Waals surface area contributed by atoms with Crippen molar-refractivity contribution in [2.45, 2.75) is 46.2 Å². The second-order valence-corrected chi connectivity index (χ2v) is 5.94. The first-order valence-corrected chi connectivity index (χ1v) is 7.98. The zero-order chi connectivity index (χ0) is 17.1. The fourth-order valence-corrected chi connectivity index (χ4v) is 3.08. The van der Waals surface area contributed by atoms with Gasteiger partial charge in [0.05, 0.1) is 12.8 Å². The first-order valence-electron chi connectivity index (χ1n) is 7.98. The highest BCUT2D eigenvalue weighted by molar-refractivity contribution is 5.32. The van der Waals surface area contributed by atoms with Gasteiger partial charge in [-0.15, -0.1) is 0 Å². The number of rotatable bonds is 6. The van der Waals surface area contributed by atoms with E-state index in [1.54, 1.807) is 12.1 Å². The number of hydrogen-bond donors (Lipinski definition) is 1. The zero-order valence-corrected chi connectivity index (χ0v) is 14.8. The average molecular weight is 319 g/mol. The molecule has 23 heavy (non-hydrogen) atoms. The van der Waals surface area contributed by atoms with Gasteiger partial charge < -0.3 is 10.1 Å². The van der Waals surface area contributed by atoms with Crippen LogP contribution in [0.15, 0.2) is 18.2 Å². The molecule has 0 amide bonds. The quantitative estimate of drug-likeness (QED) is 0.875. The van der Waals surface area contributed by atoms with Crippen LogP contribution in [0.5, 0.6) is 5.75 Å². The molecule has 5 heteroatoms. The number of methoxy groups -OCH3 is 1. The van der Waals surface area contributed by atoms with Gasteiger partial charge in [-0.2, -0.15) is 5.10 Å². The second kappa shape index (κ2) is 7.13. The smallest absolute Gasteiger partial charge is 0.131 e. The third-order valence-electron chi connectivity index (χ3n) is 4.45. The number of ether oxygens (including phenoxy) is 1. The summed E-state index contributed by atoms with van der Waals surface area (Å²) in [6.07, 6.45) is 0.912. The predicted octanol–water partition coefficient (Wildman–Crippen LogP) is 3.99. The van der Waals surface area contributed by atoms with E-state index in [0.29, 0.717) is 11.3 Å². The minimum atomic E-state index is -0.251. The predicted molar refractivity (Wildman–Crippen MR) is 90.2 cm³/mol. The Hall–Kier alpha value is -1.88. The van der Waals surface area contributed by atoms with Crippen molar-refractivity contribution < 1.29 is 9.13 Å². The van der Waals surface area contributed by atoms with Crippen molar-refractivity contribution in [1.82, 2.24) is 15.1 Å². The minimum Gasteiger partial charge on any atom is -0.497 e. The van der Waals surface area contributed by atoms with Gasteiger partial charge in [-0.3, -0.25) is 4.68 Å². The molecule has 1 aromatic heterocycles. The first kappa shape index (κ1) is 17.5. The standard InChI is InChI=1S/C18H26FN3O/c1-7-17(18-12(3)21-22(5)13(18)4)20-11(2)15-9-8-14(23-6)10-16(15)19/h8-11,17,20H,7H2,1-6H3/t11-,17+/m0/s1. The number of aromatic nitrogens is 2. The van der Waals surface area contributed by atoms with Crippen molar-refractivity contribution in [2.75, 3.05) is 7.11 Å². The molecule has 2 aromatic rings. The van der Waals surface area contributed by atoms with Crippen LogP contribution in [0.3, 0.4) is 0 Å². The lowest BCUT2D eigenvalue weighted by atomic mass is 9.99. The summed E-state index contributed by atoms with van der Waals surface area (Å²) < 4.78 is 21.2. The first-order chi connectivity index (χ1) is 10.9. The molecule has 2 rings (SSSR count). The Balaban J connectivity index is 2.25. The third kappa shape index (κ3) is 3.55. The van der Waals surface area contributed by atoms with E-state index >= 15 is 0 Å². The van der Waals surface area contributed by atoms with E-state index in [2.05, 4.69) is 24.3 Å². The molecule has 0 spiro atoms. The van der Waals surface area contributed by atoms with Crippen molar-refractivity contribution in [2.24, 2.45) is 7.05 Å². The lowest BCUT2D eigenvalue weighted by molar-refractivity contribution is 0.406. The van der Waals surface area contributed by atoms with Crippen molar-refractivity contribution in [3.8, 4) is 5.75 Å². The van der Waals surface area contributed by atoms with Crippen LogP contribution in [-0.2, 0) is 7.05 Å². The van der Waals surface area contributed by atoms with Crippen LogP contribution in [-0.4, -0.2) is 16.9 Å². The minimum absolute atomic E-state index is 0.107. The van der Waals surface area contributed by atoms with E-state index in [0.717, 1.165) is 17.8 Å². The monoisotopic (exact) mass is 319 g/mol. The molecule has 126 valence electrons. The highest BCUT2D eigenvalue weighted by Gasteiger charge is 2.22. The summed E-state index contributed by atoms with van der Waals surface area (Å²) in [6.45, 7) is 8.19. The van der Waals surface area contributed by atoms with Gasteiger partial charge in [0, 0.05) is 42.0 Å². The molecule has 2 atom stereocenters. The van der Waals surface area contributed by atoms with E-state index < -0.39 is 0 Å². The maximum Gasteiger partial charge on any atom is 0.131 e. The summed E-state index contributed by atoms with van der Waals surface area (Å²) in [6, 6.07) is 5.03. The normalized spacial score (nSPS) is 13.9. The van der Waals surface area contributed by atoms with Gasteiger partial charge in [-0.1, -0.05) is 13.0 Å². The van der Waals surface area contributed by atoms with Crippen LogP contribution >= 0.6 is 0 Å². The fourth-order valence-electron chi connectivity index (χ4n) is 3.08. The Labute approximate surface area is 137 Å². The van der Waals surface area contributed by atoms with Gasteiger partial charge >= 0.3 is 0 Å². The second-order valence-electron chi connectivity index (χ2n) is 5.94. The lowest BCUT2D eigenvalue weighted by Crippen LogP contribution is -2.25. The van der Waals surface area contributed by atoms with Crippen LogP contribution in [0.4, 0.5) is 4.39 Å². The van der Waals surface area contributed by atoms with Crippen LogP contribution in [0, 0.1) is 19.7 Å². The highest BCUT2D eigenvalue weighted by Crippen LogP contribution is 2.28. The number of nitrogens with zero attached hydrogens (tertiary/aromatic N) is 2. The molecular formula is C18H26FN3O. The van der Waals surface area contributed by atoms with Gasteiger partial charge in [0.2, 0.25) is 0 Å². The molecule has 4 nitrogen and oxygen atoms in total. The molecule has 0 radical (unpaired) electrons. The summed E-state index contributed by atoms with van der Waals surface area (Å²) in [4.78, 5) is 0. The summed E-state index contributed by atoms with van der Waals surface area (Å²) >= 11 is 0. The van der Waals surface area contributed by atoms with E-state index in [1.807, 2.05) is 25.6 Å². The van der Waals surface area contributed by atoms with Gasteiger partial charge in [0.15, 0.2) is 0 Å².